The van der Waals surface area contributed by atoms with Crippen LogP contribution in [0.5, 0.6) is 5.75 Å². The van der Waals surface area contributed by atoms with Crippen LogP contribution in [0.2, 0.25) is 0 Å². The van der Waals surface area contributed by atoms with Crippen LogP contribution in [0.15, 0.2) is 24.3 Å². The number of aryl methyl sites for hydroxylation is 1. The third kappa shape index (κ3) is 2.75. The first-order chi connectivity index (χ1) is 6.09. The highest BCUT2D eigenvalue weighted by Crippen LogP contribution is 2.18. The van der Waals surface area contributed by atoms with Gasteiger partial charge in [0.2, 0.25) is 0 Å². The van der Waals surface area contributed by atoms with E-state index in [2.05, 4.69) is 0 Å². The summed E-state index contributed by atoms with van der Waals surface area (Å²) in [5, 5.41) is 9.35. The Morgan fingerprint density at radius 2 is 2.15 bits per heavy atom. The Morgan fingerprint density at radius 3 is 2.69 bits per heavy atom. The summed E-state index contributed by atoms with van der Waals surface area (Å²) >= 11 is 0. The monoisotopic (exact) mass is 176 g/mol. The van der Waals surface area contributed by atoms with Gasteiger partial charge in [-0.05, 0) is 37.1 Å². The summed E-state index contributed by atoms with van der Waals surface area (Å²) in [5.74, 6) is 0.255. The summed E-state index contributed by atoms with van der Waals surface area (Å²) in [5.41, 5.74) is 1.67. The van der Waals surface area contributed by atoms with Crippen LogP contribution in [0.25, 0.3) is 6.08 Å². The normalized spacial score (nSPS) is 10.6. The van der Waals surface area contributed by atoms with Crippen molar-refractivity contribution in [2.24, 2.45) is 0 Å². The molecule has 0 radical (unpaired) electrons. The Kier molecular flexibility index (Phi) is 2.85. The summed E-state index contributed by atoms with van der Waals surface area (Å²) in [6.45, 7) is 3.32. The van der Waals surface area contributed by atoms with Gasteiger partial charge < -0.3 is 5.11 Å². The van der Waals surface area contributed by atoms with Crippen molar-refractivity contribution in [3.05, 3.63) is 35.4 Å². The minimum Gasteiger partial charge on any atom is -0.508 e. The molecule has 13 heavy (non-hydrogen) atoms. The first-order valence-electron chi connectivity index (χ1n) is 4.08. The predicted molar refractivity (Wildman–Crippen MR) is 52.6 cm³/mol. The molecule has 0 aliphatic carbocycles. The Hall–Kier alpha value is -1.57. The van der Waals surface area contributed by atoms with Crippen molar-refractivity contribution in [1.29, 1.82) is 0 Å². The van der Waals surface area contributed by atoms with Crippen LogP contribution in [0, 0.1) is 6.92 Å². The summed E-state index contributed by atoms with van der Waals surface area (Å²) in [7, 11) is 0. The van der Waals surface area contributed by atoms with E-state index in [1.807, 2.05) is 19.1 Å². The third-order valence-electron chi connectivity index (χ3n) is 1.74. The minimum atomic E-state index is 0.0000600. The van der Waals surface area contributed by atoms with Gasteiger partial charge in [-0.2, -0.15) is 0 Å². The third-order valence-corrected chi connectivity index (χ3v) is 1.74. The Bertz CT molecular complexity index is 351. The lowest BCUT2D eigenvalue weighted by Crippen LogP contribution is -1.81. The zero-order chi connectivity index (χ0) is 9.84. The van der Waals surface area contributed by atoms with Crippen LogP contribution in [-0.2, 0) is 4.79 Å². The van der Waals surface area contributed by atoms with E-state index in [0.717, 1.165) is 11.1 Å². The lowest BCUT2D eigenvalue weighted by atomic mass is 10.1. The summed E-state index contributed by atoms with van der Waals surface area (Å²) in [6.07, 6.45) is 3.16. The molecule has 0 heterocycles. The van der Waals surface area contributed by atoms with E-state index in [0.29, 0.717) is 0 Å². The maximum Gasteiger partial charge on any atom is 0.152 e. The average molecular weight is 176 g/mol. The zero-order valence-corrected chi connectivity index (χ0v) is 7.74. The first-order valence-corrected chi connectivity index (χ1v) is 4.08. The molecule has 2 heteroatoms. The smallest absolute Gasteiger partial charge is 0.152 e. The number of carbonyl (C=O) groups excluding carboxylic acids is 1. The Balaban J connectivity index is 2.92. The van der Waals surface area contributed by atoms with Crippen LogP contribution in [0.1, 0.15) is 18.1 Å². The molecule has 0 spiro atoms. The van der Waals surface area contributed by atoms with E-state index >= 15 is 0 Å². The number of phenolic OH excluding ortho intramolecular Hbond substituents is 1. The molecule has 0 aliphatic heterocycles. The van der Waals surface area contributed by atoms with Crippen molar-refractivity contribution >= 4 is 11.9 Å². The molecule has 68 valence electrons. The van der Waals surface area contributed by atoms with E-state index < -0.39 is 0 Å². The van der Waals surface area contributed by atoms with Crippen LogP contribution in [0.4, 0.5) is 0 Å². The number of phenols is 1. The molecule has 0 aliphatic rings. The molecular weight excluding hydrogens is 164 g/mol. The molecule has 0 bridgehead atoms. The van der Waals surface area contributed by atoms with Gasteiger partial charge in [-0.1, -0.05) is 18.2 Å². The SMILES string of the molecule is CC(=O)C=Cc1ccc(C)c(O)c1. The number of hydrogen-bond acceptors (Lipinski definition) is 2. The van der Waals surface area contributed by atoms with Gasteiger partial charge in [0.05, 0.1) is 0 Å². The number of carbonyl (C=O) groups is 1. The van der Waals surface area contributed by atoms with E-state index in [4.69, 9.17) is 0 Å². The van der Waals surface area contributed by atoms with E-state index in [1.54, 1.807) is 12.1 Å². The van der Waals surface area contributed by atoms with Gasteiger partial charge in [0.25, 0.3) is 0 Å². The lowest BCUT2D eigenvalue weighted by molar-refractivity contribution is -0.112. The molecule has 0 amide bonds. The second-order valence-corrected chi connectivity index (χ2v) is 2.99. The highest BCUT2D eigenvalue weighted by molar-refractivity contribution is 5.91. The van der Waals surface area contributed by atoms with Gasteiger partial charge >= 0.3 is 0 Å². The first kappa shape index (κ1) is 9.52. The van der Waals surface area contributed by atoms with Crippen molar-refractivity contribution in [3.8, 4) is 5.75 Å². The number of aromatic hydroxyl groups is 1. The summed E-state index contributed by atoms with van der Waals surface area (Å²) in [6, 6.07) is 5.30. The fourth-order valence-electron chi connectivity index (χ4n) is 0.944. The molecule has 1 aromatic rings. The summed E-state index contributed by atoms with van der Waals surface area (Å²) in [4.78, 5) is 10.6. The molecule has 0 atom stereocenters. The molecule has 0 saturated heterocycles. The maximum absolute atomic E-state index is 10.6. The number of hydrogen-bond donors (Lipinski definition) is 1. The van der Waals surface area contributed by atoms with Crippen molar-refractivity contribution in [2.75, 3.05) is 0 Å². The molecule has 0 unspecified atom stereocenters. The molecule has 1 rings (SSSR count). The molecular formula is C11H12O2. The van der Waals surface area contributed by atoms with E-state index in [1.165, 1.54) is 13.0 Å². The minimum absolute atomic E-state index is 0.0000600. The van der Waals surface area contributed by atoms with Crippen LogP contribution in [0.3, 0.4) is 0 Å². The molecule has 1 aromatic carbocycles. The molecule has 1 N–H and O–H groups in total. The van der Waals surface area contributed by atoms with Gasteiger partial charge in [-0.15, -0.1) is 0 Å². The van der Waals surface area contributed by atoms with Gasteiger partial charge in [0.1, 0.15) is 5.75 Å². The Morgan fingerprint density at radius 1 is 1.46 bits per heavy atom. The van der Waals surface area contributed by atoms with Crippen molar-refractivity contribution in [2.45, 2.75) is 13.8 Å². The standard InChI is InChI=1S/C11H12O2/c1-8-3-5-10(7-11(8)13)6-4-9(2)12/h3-7,13H,1-2H3. The van der Waals surface area contributed by atoms with Gasteiger partial charge in [0.15, 0.2) is 5.78 Å². The van der Waals surface area contributed by atoms with Gasteiger partial charge in [-0.3, -0.25) is 4.79 Å². The second-order valence-electron chi connectivity index (χ2n) is 2.99. The Labute approximate surface area is 77.5 Å². The van der Waals surface area contributed by atoms with Gasteiger partial charge in [0, 0.05) is 0 Å². The zero-order valence-electron chi connectivity index (χ0n) is 7.74. The van der Waals surface area contributed by atoms with Crippen molar-refractivity contribution in [1.82, 2.24) is 0 Å². The fraction of sp³-hybridized carbons (Fsp3) is 0.182. The van der Waals surface area contributed by atoms with Crippen molar-refractivity contribution in [3.63, 3.8) is 0 Å². The van der Waals surface area contributed by atoms with Crippen LogP contribution < -0.4 is 0 Å². The maximum atomic E-state index is 10.6. The summed E-state index contributed by atoms with van der Waals surface area (Å²) < 4.78 is 0. The molecule has 0 aromatic heterocycles. The number of rotatable bonds is 2. The fourth-order valence-corrected chi connectivity index (χ4v) is 0.944. The highest BCUT2D eigenvalue weighted by Gasteiger charge is 1.95. The topological polar surface area (TPSA) is 37.3 Å². The number of allylic oxidation sites excluding steroid dienone is 1. The van der Waals surface area contributed by atoms with E-state index in [-0.39, 0.29) is 11.5 Å². The van der Waals surface area contributed by atoms with E-state index in [9.17, 15) is 9.90 Å². The van der Waals surface area contributed by atoms with Gasteiger partial charge in [-0.25, -0.2) is 0 Å². The van der Waals surface area contributed by atoms with Crippen molar-refractivity contribution < 1.29 is 9.90 Å². The quantitative estimate of drug-likeness (QED) is 0.702. The highest BCUT2D eigenvalue weighted by atomic mass is 16.3. The largest absolute Gasteiger partial charge is 0.508 e. The lowest BCUT2D eigenvalue weighted by Gasteiger charge is -1.98. The number of benzene rings is 1. The van der Waals surface area contributed by atoms with Crippen LogP contribution in [-0.4, -0.2) is 10.9 Å². The average Bonchev–Trinajstić information content (AvgIpc) is 2.07. The predicted octanol–water partition coefficient (Wildman–Crippen LogP) is 2.30. The second kappa shape index (κ2) is 3.90. The molecule has 0 fully saturated rings. The molecule has 0 saturated carbocycles. The van der Waals surface area contributed by atoms with Crippen LogP contribution >= 0.6 is 0 Å². The molecule has 2 nitrogen and oxygen atoms in total. The number of ketones is 1.